The predicted octanol–water partition coefficient (Wildman–Crippen LogP) is 2.12. The Morgan fingerprint density at radius 1 is 1.11 bits per heavy atom. The van der Waals surface area contributed by atoms with Crippen LogP contribution in [-0.4, -0.2) is 17.0 Å². The topological polar surface area (TPSA) is 49.8 Å². The molecule has 4 nitrogen and oxygen atoms in total. The van der Waals surface area contributed by atoms with Gasteiger partial charge < -0.3 is 10.6 Å². The number of hydrogen-bond donors (Lipinski definition) is 2. The molecule has 18 heavy (non-hydrogen) atoms. The first-order chi connectivity index (χ1) is 8.79. The van der Waals surface area contributed by atoms with E-state index in [0.717, 1.165) is 18.2 Å². The average Bonchev–Trinajstić information content (AvgIpc) is 2.39. The van der Waals surface area contributed by atoms with Crippen molar-refractivity contribution in [2.45, 2.75) is 20.0 Å². The molecule has 0 fully saturated rings. The summed E-state index contributed by atoms with van der Waals surface area (Å²) in [4.78, 5) is 8.61. The summed E-state index contributed by atoms with van der Waals surface area (Å²) < 4.78 is 0. The first-order valence-electron chi connectivity index (χ1n) is 6.04. The highest BCUT2D eigenvalue weighted by Gasteiger charge is 2.00. The van der Waals surface area contributed by atoms with E-state index in [0.29, 0.717) is 6.54 Å². The van der Waals surface area contributed by atoms with Crippen LogP contribution in [-0.2, 0) is 13.1 Å². The molecule has 4 heteroatoms. The Kier molecular flexibility index (Phi) is 4.25. The van der Waals surface area contributed by atoms with E-state index in [4.69, 9.17) is 0 Å². The van der Waals surface area contributed by atoms with E-state index in [1.165, 1.54) is 11.1 Å². The molecule has 0 unspecified atom stereocenters. The lowest BCUT2D eigenvalue weighted by molar-refractivity contribution is 0.758. The van der Waals surface area contributed by atoms with E-state index < -0.39 is 0 Å². The van der Waals surface area contributed by atoms with Crippen molar-refractivity contribution in [1.29, 1.82) is 0 Å². The van der Waals surface area contributed by atoms with Crippen LogP contribution in [0.25, 0.3) is 0 Å². The van der Waals surface area contributed by atoms with Gasteiger partial charge >= 0.3 is 0 Å². The van der Waals surface area contributed by atoms with E-state index in [-0.39, 0.29) is 0 Å². The minimum absolute atomic E-state index is 0.680. The zero-order valence-electron chi connectivity index (χ0n) is 10.8. The van der Waals surface area contributed by atoms with Gasteiger partial charge in [-0.3, -0.25) is 0 Å². The van der Waals surface area contributed by atoms with Gasteiger partial charge in [-0.15, -0.1) is 0 Å². The Morgan fingerprint density at radius 2 is 1.94 bits per heavy atom. The summed E-state index contributed by atoms with van der Waals surface area (Å²) in [5.74, 6) is 1.66. The lowest BCUT2D eigenvalue weighted by Gasteiger charge is -2.09. The van der Waals surface area contributed by atoms with Crippen molar-refractivity contribution in [3.05, 3.63) is 53.5 Å². The van der Waals surface area contributed by atoms with Crippen molar-refractivity contribution < 1.29 is 0 Å². The smallest absolute Gasteiger partial charge is 0.144 e. The van der Waals surface area contributed by atoms with Gasteiger partial charge in [0.2, 0.25) is 0 Å². The second-order valence-electron chi connectivity index (χ2n) is 4.17. The SMILES string of the molecule is CNCc1nccc(NCc2ccccc2C)n1. The van der Waals surface area contributed by atoms with Crippen molar-refractivity contribution in [1.82, 2.24) is 15.3 Å². The molecule has 2 N–H and O–H groups in total. The first kappa shape index (κ1) is 12.5. The second kappa shape index (κ2) is 6.12. The molecule has 2 aromatic rings. The zero-order chi connectivity index (χ0) is 12.8. The maximum atomic E-state index is 4.42. The Bertz CT molecular complexity index is 511. The fraction of sp³-hybridized carbons (Fsp3) is 0.286. The Labute approximate surface area is 107 Å². The van der Waals surface area contributed by atoms with Crippen molar-refractivity contribution >= 4 is 5.82 Å². The van der Waals surface area contributed by atoms with Gasteiger partial charge in [0.25, 0.3) is 0 Å². The van der Waals surface area contributed by atoms with Crippen LogP contribution in [0.2, 0.25) is 0 Å². The molecule has 0 atom stereocenters. The summed E-state index contributed by atoms with van der Waals surface area (Å²) in [6, 6.07) is 10.2. The summed E-state index contributed by atoms with van der Waals surface area (Å²) in [7, 11) is 1.89. The average molecular weight is 242 g/mol. The van der Waals surface area contributed by atoms with Gasteiger partial charge in [-0.25, -0.2) is 9.97 Å². The number of nitrogens with zero attached hydrogens (tertiary/aromatic N) is 2. The van der Waals surface area contributed by atoms with Gasteiger partial charge in [0, 0.05) is 12.7 Å². The second-order valence-corrected chi connectivity index (χ2v) is 4.17. The lowest BCUT2D eigenvalue weighted by atomic mass is 10.1. The van der Waals surface area contributed by atoms with Crippen LogP contribution in [0, 0.1) is 6.92 Å². The minimum atomic E-state index is 0.680. The summed E-state index contributed by atoms with van der Waals surface area (Å²) in [6.07, 6.45) is 1.78. The van der Waals surface area contributed by atoms with Gasteiger partial charge in [-0.05, 0) is 31.2 Å². The lowest BCUT2D eigenvalue weighted by Crippen LogP contribution is -2.10. The van der Waals surface area contributed by atoms with Crippen LogP contribution in [0.15, 0.2) is 36.5 Å². The van der Waals surface area contributed by atoms with Crippen LogP contribution >= 0.6 is 0 Å². The molecule has 1 aromatic heterocycles. The highest BCUT2D eigenvalue weighted by molar-refractivity contribution is 5.36. The van der Waals surface area contributed by atoms with Crippen molar-refractivity contribution in [3.8, 4) is 0 Å². The highest BCUT2D eigenvalue weighted by Crippen LogP contribution is 2.10. The minimum Gasteiger partial charge on any atom is -0.366 e. The molecule has 0 aliphatic rings. The molecule has 0 bridgehead atoms. The molecule has 1 heterocycles. The maximum Gasteiger partial charge on any atom is 0.144 e. The number of nitrogens with one attached hydrogen (secondary N) is 2. The van der Waals surface area contributed by atoms with Crippen LogP contribution in [0.1, 0.15) is 17.0 Å². The van der Waals surface area contributed by atoms with E-state index in [1.807, 2.05) is 13.1 Å². The standard InChI is InChI=1S/C14H18N4/c1-11-5-3-4-6-12(11)9-17-13-7-8-16-14(18-13)10-15-2/h3-8,15H,9-10H2,1-2H3,(H,16,17,18). The molecule has 0 aliphatic carbocycles. The largest absolute Gasteiger partial charge is 0.366 e. The number of anilines is 1. The summed E-state index contributed by atoms with van der Waals surface area (Å²) >= 11 is 0. The Morgan fingerprint density at radius 3 is 2.72 bits per heavy atom. The number of benzene rings is 1. The highest BCUT2D eigenvalue weighted by atomic mass is 15.0. The normalized spacial score (nSPS) is 10.3. The van der Waals surface area contributed by atoms with Gasteiger partial charge in [0.05, 0.1) is 6.54 Å². The molecule has 0 aliphatic heterocycles. The van der Waals surface area contributed by atoms with Crippen LogP contribution in [0.4, 0.5) is 5.82 Å². The van der Waals surface area contributed by atoms with Crippen LogP contribution in [0.5, 0.6) is 0 Å². The molecule has 0 amide bonds. The number of aryl methyl sites for hydroxylation is 1. The maximum absolute atomic E-state index is 4.42. The van der Waals surface area contributed by atoms with Crippen molar-refractivity contribution in [2.24, 2.45) is 0 Å². The molecule has 0 saturated heterocycles. The number of rotatable bonds is 5. The van der Waals surface area contributed by atoms with Crippen molar-refractivity contribution in [2.75, 3.05) is 12.4 Å². The third kappa shape index (κ3) is 3.28. The Hall–Kier alpha value is -1.94. The molecular formula is C14H18N4. The number of hydrogen-bond acceptors (Lipinski definition) is 4. The summed E-state index contributed by atoms with van der Waals surface area (Å²) in [5, 5.41) is 6.36. The van der Waals surface area contributed by atoms with Crippen LogP contribution < -0.4 is 10.6 Å². The van der Waals surface area contributed by atoms with Gasteiger partial charge in [0.15, 0.2) is 0 Å². The molecule has 0 saturated carbocycles. The fourth-order valence-electron chi connectivity index (χ4n) is 1.74. The summed E-state index contributed by atoms with van der Waals surface area (Å²) in [6.45, 7) is 3.58. The Balaban J connectivity index is 2.02. The van der Waals surface area contributed by atoms with E-state index >= 15 is 0 Å². The van der Waals surface area contributed by atoms with Crippen molar-refractivity contribution in [3.63, 3.8) is 0 Å². The van der Waals surface area contributed by atoms with E-state index in [1.54, 1.807) is 6.20 Å². The zero-order valence-corrected chi connectivity index (χ0v) is 10.8. The first-order valence-corrected chi connectivity index (χ1v) is 6.04. The van der Waals surface area contributed by atoms with E-state index in [2.05, 4.69) is 51.8 Å². The monoisotopic (exact) mass is 242 g/mol. The van der Waals surface area contributed by atoms with Gasteiger partial charge in [-0.2, -0.15) is 0 Å². The molecule has 1 aromatic carbocycles. The third-order valence-corrected chi connectivity index (χ3v) is 2.76. The quantitative estimate of drug-likeness (QED) is 0.843. The molecule has 94 valence electrons. The molecule has 0 spiro atoms. The van der Waals surface area contributed by atoms with Crippen LogP contribution in [0.3, 0.4) is 0 Å². The van der Waals surface area contributed by atoms with E-state index in [9.17, 15) is 0 Å². The third-order valence-electron chi connectivity index (χ3n) is 2.76. The number of aromatic nitrogens is 2. The van der Waals surface area contributed by atoms with Gasteiger partial charge in [-0.1, -0.05) is 24.3 Å². The molecule has 0 radical (unpaired) electrons. The summed E-state index contributed by atoms with van der Waals surface area (Å²) in [5.41, 5.74) is 2.57. The molecular weight excluding hydrogens is 224 g/mol. The fourth-order valence-corrected chi connectivity index (χ4v) is 1.74. The van der Waals surface area contributed by atoms with Gasteiger partial charge in [0.1, 0.15) is 11.6 Å². The predicted molar refractivity (Wildman–Crippen MR) is 73.3 cm³/mol. The molecule has 2 rings (SSSR count).